The Hall–Kier alpha value is -2.60. The van der Waals surface area contributed by atoms with Gasteiger partial charge in [0, 0.05) is 18.2 Å². The molecule has 1 amide bonds. The number of methoxy groups -OCH3 is 2. The van der Waals surface area contributed by atoms with Gasteiger partial charge in [-0.15, -0.1) is 0 Å². The number of hydrogen-bond acceptors (Lipinski definition) is 5. The highest BCUT2D eigenvalue weighted by atomic mass is 16.5. The molecule has 2 rings (SSSR count). The number of ether oxygens (including phenoxy) is 2. The predicted octanol–water partition coefficient (Wildman–Crippen LogP) is 1.81. The van der Waals surface area contributed by atoms with Crippen molar-refractivity contribution in [3.63, 3.8) is 0 Å². The fourth-order valence-electron chi connectivity index (χ4n) is 1.79. The molecule has 6 heteroatoms. The predicted molar refractivity (Wildman–Crippen MR) is 79.6 cm³/mol. The van der Waals surface area contributed by atoms with Crippen molar-refractivity contribution in [1.29, 1.82) is 0 Å². The zero-order valence-electron chi connectivity index (χ0n) is 11.9. The topological polar surface area (TPSA) is 86.5 Å². The molecule has 1 heterocycles. The molecule has 0 radical (unpaired) electrons. The quantitative estimate of drug-likeness (QED) is 0.875. The number of carbonyl (C=O) groups excluding carboxylic acids is 1. The number of benzene rings is 1. The Bertz CT molecular complexity index is 622. The second kappa shape index (κ2) is 6.71. The summed E-state index contributed by atoms with van der Waals surface area (Å²) in [6.07, 6.45) is 0. The molecule has 6 nitrogen and oxygen atoms in total. The van der Waals surface area contributed by atoms with Crippen molar-refractivity contribution >= 4 is 11.7 Å². The van der Waals surface area contributed by atoms with Crippen LogP contribution in [-0.4, -0.2) is 25.1 Å². The Kier molecular flexibility index (Phi) is 4.73. The molecule has 1 aromatic carbocycles. The number of aromatic nitrogens is 1. The first-order chi connectivity index (χ1) is 10.2. The third-order valence-electron chi connectivity index (χ3n) is 2.87. The largest absolute Gasteiger partial charge is 0.497 e. The third kappa shape index (κ3) is 3.70. The highest BCUT2D eigenvalue weighted by Gasteiger charge is 2.11. The Morgan fingerprint density at radius 1 is 1.19 bits per heavy atom. The zero-order valence-corrected chi connectivity index (χ0v) is 11.9. The number of anilines is 1. The van der Waals surface area contributed by atoms with E-state index in [1.54, 1.807) is 36.4 Å². The summed E-state index contributed by atoms with van der Waals surface area (Å²) in [5.74, 6) is 1.24. The third-order valence-corrected chi connectivity index (χ3v) is 2.87. The highest BCUT2D eigenvalue weighted by molar-refractivity contribution is 6.04. The number of nitrogens with zero attached hydrogens (tertiary/aromatic N) is 1. The summed E-state index contributed by atoms with van der Waals surface area (Å²) in [6, 6.07) is 10.2. The average molecular weight is 287 g/mol. The van der Waals surface area contributed by atoms with Crippen molar-refractivity contribution in [2.75, 3.05) is 19.5 Å². The average Bonchev–Trinajstić information content (AvgIpc) is 2.54. The highest BCUT2D eigenvalue weighted by Crippen LogP contribution is 2.23. The fourth-order valence-corrected chi connectivity index (χ4v) is 1.79. The van der Waals surface area contributed by atoms with Crippen LogP contribution < -0.4 is 20.5 Å². The van der Waals surface area contributed by atoms with E-state index in [1.165, 1.54) is 14.2 Å². The molecule has 0 aliphatic rings. The minimum absolute atomic E-state index is 0.297. The number of nitrogens with two attached hydrogens (primary N) is 1. The molecular formula is C15H17N3O3. The van der Waals surface area contributed by atoms with Crippen LogP contribution >= 0.6 is 0 Å². The summed E-state index contributed by atoms with van der Waals surface area (Å²) in [7, 11) is 3.06. The number of carbonyl (C=O) groups is 1. The van der Waals surface area contributed by atoms with Gasteiger partial charge >= 0.3 is 0 Å². The molecule has 0 spiro atoms. The van der Waals surface area contributed by atoms with E-state index in [1.807, 2.05) is 0 Å². The minimum atomic E-state index is -0.297. The number of amides is 1. The van der Waals surface area contributed by atoms with Crippen molar-refractivity contribution in [2.24, 2.45) is 5.73 Å². The summed E-state index contributed by atoms with van der Waals surface area (Å²) in [5.41, 5.74) is 6.66. The summed E-state index contributed by atoms with van der Waals surface area (Å²) >= 11 is 0. The SMILES string of the molecule is COc1cc(OC)cc(C(=O)Nc2cccc(CN)n2)c1. The Labute approximate surface area is 122 Å². The molecule has 0 aliphatic carbocycles. The summed E-state index contributed by atoms with van der Waals surface area (Å²) < 4.78 is 10.3. The van der Waals surface area contributed by atoms with Crippen molar-refractivity contribution in [2.45, 2.75) is 6.54 Å². The lowest BCUT2D eigenvalue weighted by molar-refractivity contribution is 0.102. The number of pyridine rings is 1. The van der Waals surface area contributed by atoms with Crippen molar-refractivity contribution < 1.29 is 14.3 Å². The molecule has 0 unspecified atom stereocenters. The van der Waals surface area contributed by atoms with Crippen LogP contribution in [0.1, 0.15) is 16.1 Å². The molecule has 0 bridgehead atoms. The van der Waals surface area contributed by atoms with Gasteiger partial charge in [0.05, 0.1) is 19.9 Å². The van der Waals surface area contributed by atoms with Crippen LogP contribution in [0.3, 0.4) is 0 Å². The molecule has 0 aliphatic heterocycles. The van der Waals surface area contributed by atoms with Gasteiger partial charge < -0.3 is 20.5 Å². The summed E-state index contributed by atoms with van der Waals surface area (Å²) in [4.78, 5) is 16.5. The lowest BCUT2D eigenvalue weighted by atomic mass is 10.2. The molecule has 1 aromatic heterocycles. The monoisotopic (exact) mass is 287 g/mol. The molecule has 0 fully saturated rings. The number of hydrogen-bond donors (Lipinski definition) is 2. The van der Waals surface area contributed by atoms with E-state index >= 15 is 0 Å². The van der Waals surface area contributed by atoms with Gasteiger partial charge in [-0.3, -0.25) is 4.79 Å². The van der Waals surface area contributed by atoms with Crippen molar-refractivity contribution in [3.8, 4) is 11.5 Å². The smallest absolute Gasteiger partial charge is 0.257 e. The van der Waals surface area contributed by atoms with Crippen molar-refractivity contribution in [1.82, 2.24) is 4.98 Å². The second-order valence-corrected chi connectivity index (χ2v) is 4.27. The van der Waals surface area contributed by atoms with Crippen LogP contribution in [0.5, 0.6) is 11.5 Å². The Morgan fingerprint density at radius 2 is 1.86 bits per heavy atom. The van der Waals surface area contributed by atoms with E-state index in [9.17, 15) is 4.79 Å². The zero-order chi connectivity index (χ0) is 15.2. The Morgan fingerprint density at radius 3 is 2.43 bits per heavy atom. The first-order valence-corrected chi connectivity index (χ1v) is 6.36. The standard InChI is InChI=1S/C15H17N3O3/c1-20-12-6-10(7-13(8-12)21-2)15(19)18-14-5-3-4-11(9-16)17-14/h3-8H,9,16H2,1-2H3,(H,17,18,19). The van der Waals surface area contributed by atoms with E-state index in [-0.39, 0.29) is 5.91 Å². The first kappa shape index (κ1) is 14.8. The van der Waals surface area contributed by atoms with Crippen LogP contribution in [0.15, 0.2) is 36.4 Å². The maximum atomic E-state index is 12.3. The fraction of sp³-hybridized carbons (Fsp3) is 0.200. The number of rotatable bonds is 5. The first-order valence-electron chi connectivity index (χ1n) is 6.36. The molecule has 3 N–H and O–H groups in total. The lowest BCUT2D eigenvalue weighted by Crippen LogP contribution is -2.14. The second-order valence-electron chi connectivity index (χ2n) is 4.27. The molecule has 0 saturated carbocycles. The van der Waals surface area contributed by atoms with E-state index in [0.29, 0.717) is 35.1 Å². The van der Waals surface area contributed by atoms with Crippen LogP contribution in [0.25, 0.3) is 0 Å². The number of nitrogens with one attached hydrogen (secondary N) is 1. The van der Waals surface area contributed by atoms with Crippen LogP contribution in [-0.2, 0) is 6.54 Å². The minimum Gasteiger partial charge on any atom is -0.497 e. The normalized spacial score (nSPS) is 10.0. The molecule has 0 saturated heterocycles. The maximum Gasteiger partial charge on any atom is 0.257 e. The Balaban J connectivity index is 2.23. The van der Waals surface area contributed by atoms with Gasteiger partial charge in [0.2, 0.25) is 0 Å². The van der Waals surface area contributed by atoms with Crippen LogP contribution in [0, 0.1) is 0 Å². The summed E-state index contributed by atoms with van der Waals surface area (Å²) in [5, 5.41) is 2.72. The van der Waals surface area contributed by atoms with Gasteiger partial charge in [0.1, 0.15) is 17.3 Å². The molecule has 21 heavy (non-hydrogen) atoms. The lowest BCUT2D eigenvalue weighted by Gasteiger charge is -2.09. The molecule has 0 atom stereocenters. The maximum absolute atomic E-state index is 12.3. The molecule has 2 aromatic rings. The van der Waals surface area contributed by atoms with E-state index in [4.69, 9.17) is 15.2 Å². The molecule has 110 valence electrons. The van der Waals surface area contributed by atoms with E-state index in [2.05, 4.69) is 10.3 Å². The van der Waals surface area contributed by atoms with Gasteiger partial charge in [-0.25, -0.2) is 4.98 Å². The van der Waals surface area contributed by atoms with Gasteiger partial charge in [-0.2, -0.15) is 0 Å². The molecular weight excluding hydrogens is 270 g/mol. The van der Waals surface area contributed by atoms with E-state index < -0.39 is 0 Å². The van der Waals surface area contributed by atoms with Crippen molar-refractivity contribution in [3.05, 3.63) is 47.7 Å². The summed E-state index contributed by atoms with van der Waals surface area (Å²) in [6.45, 7) is 0.316. The van der Waals surface area contributed by atoms with Gasteiger partial charge in [-0.05, 0) is 24.3 Å². The van der Waals surface area contributed by atoms with Gasteiger partial charge in [0.15, 0.2) is 0 Å². The van der Waals surface area contributed by atoms with Crippen LogP contribution in [0.2, 0.25) is 0 Å². The van der Waals surface area contributed by atoms with Gasteiger partial charge in [-0.1, -0.05) is 6.07 Å². The van der Waals surface area contributed by atoms with E-state index in [0.717, 1.165) is 0 Å². The van der Waals surface area contributed by atoms with Gasteiger partial charge in [0.25, 0.3) is 5.91 Å². The van der Waals surface area contributed by atoms with Crippen LogP contribution in [0.4, 0.5) is 5.82 Å².